The minimum absolute atomic E-state index is 0.00800. The average molecular weight is 713 g/mol. The van der Waals surface area contributed by atoms with Crippen molar-refractivity contribution in [2.24, 2.45) is 23.7 Å². The molecule has 4 N–H and O–H groups in total. The predicted octanol–water partition coefficient (Wildman–Crippen LogP) is 7.75. The number of urea groups is 1. The van der Waals surface area contributed by atoms with Crippen molar-refractivity contribution in [1.29, 1.82) is 0 Å². The van der Waals surface area contributed by atoms with Gasteiger partial charge in [0.05, 0.1) is 24.9 Å². The van der Waals surface area contributed by atoms with E-state index in [-0.39, 0.29) is 47.9 Å². The van der Waals surface area contributed by atoms with Crippen LogP contribution in [0.3, 0.4) is 0 Å². The molecule has 0 radical (unpaired) electrons. The van der Waals surface area contributed by atoms with Crippen LogP contribution in [0.15, 0.2) is 48.5 Å². The van der Waals surface area contributed by atoms with Crippen LogP contribution in [0.1, 0.15) is 133 Å². The third kappa shape index (κ3) is 7.94. The number of nitrogens with zero attached hydrogens (tertiary/aromatic N) is 1. The Labute approximate surface area is 310 Å². The Balaban J connectivity index is 1.02. The number of hydrogen-bond donors (Lipinski definition) is 4. The van der Waals surface area contributed by atoms with E-state index in [2.05, 4.69) is 41.6 Å². The molecule has 2 aliphatic heterocycles. The second-order valence-electron chi connectivity index (χ2n) is 18.4. The van der Waals surface area contributed by atoms with Crippen molar-refractivity contribution in [2.45, 2.75) is 153 Å². The molecule has 0 aromatic heterocycles. The highest BCUT2D eigenvalue weighted by atomic mass is 16.7. The summed E-state index contributed by atoms with van der Waals surface area (Å²) in [6.45, 7) is 6.80. The fraction of sp³-hybridized carbons (Fsp3) is 0.674. The lowest BCUT2D eigenvalue weighted by molar-refractivity contribution is -0.255. The number of aliphatic hydroxyl groups excluding tert-OH is 1. The van der Waals surface area contributed by atoms with Crippen molar-refractivity contribution in [2.75, 3.05) is 11.9 Å². The largest absolute Gasteiger partial charge is 0.392 e. The van der Waals surface area contributed by atoms with Crippen LogP contribution < -0.4 is 16.0 Å². The molecule has 7 aliphatic rings. The summed E-state index contributed by atoms with van der Waals surface area (Å²) in [6, 6.07) is 15.9. The van der Waals surface area contributed by atoms with Gasteiger partial charge in [-0.3, -0.25) is 9.69 Å². The Morgan fingerprint density at radius 2 is 1.58 bits per heavy atom. The van der Waals surface area contributed by atoms with Crippen molar-refractivity contribution >= 4 is 17.6 Å². The smallest absolute Gasteiger partial charge is 0.319 e. The molecule has 0 unspecified atom stereocenters. The highest BCUT2D eigenvalue weighted by molar-refractivity contribution is 5.90. The van der Waals surface area contributed by atoms with Crippen molar-refractivity contribution < 1.29 is 24.2 Å². The summed E-state index contributed by atoms with van der Waals surface area (Å²) in [7, 11) is 0. The van der Waals surface area contributed by atoms with E-state index in [9.17, 15) is 14.7 Å². The monoisotopic (exact) mass is 712 g/mol. The molecule has 2 aromatic rings. The quantitative estimate of drug-likeness (QED) is 0.223. The number of nitrogens with one attached hydrogen (secondary N) is 3. The maximum absolute atomic E-state index is 13.8. The number of ether oxygens (including phenoxy) is 2. The lowest BCUT2D eigenvalue weighted by atomic mass is 9.53. The van der Waals surface area contributed by atoms with E-state index >= 15 is 0 Å². The lowest BCUT2D eigenvalue weighted by Gasteiger charge is -2.56. The van der Waals surface area contributed by atoms with Crippen LogP contribution in [-0.2, 0) is 20.9 Å². The number of hydrogen-bond acceptors (Lipinski definition) is 6. The van der Waals surface area contributed by atoms with Gasteiger partial charge >= 0.3 is 6.03 Å². The van der Waals surface area contributed by atoms with Gasteiger partial charge in [0.15, 0.2) is 6.29 Å². The number of amides is 3. The van der Waals surface area contributed by atoms with E-state index in [1.165, 1.54) is 38.5 Å². The summed E-state index contributed by atoms with van der Waals surface area (Å²) >= 11 is 0. The molecule has 7 fully saturated rings. The van der Waals surface area contributed by atoms with Crippen molar-refractivity contribution in [3.63, 3.8) is 0 Å². The van der Waals surface area contributed by atoms with Gasteiger partial charge in [0, 0.05) is 41.3 Å². The molecule has 4 bridgehead atoms. The molecule has 9 heteroatoms. The number of fused-ring (bicyclic) bond motifs is 1. The fourth-order valence-electron chi connectivity index (χ4n) is 11.4. The number of piperidine rings is 1. The van der Waals surface area contributed by atoms with Crippen LogP contribution in [0.2, 0.25) is 0 Å². The Morgan fingerprint density at radius 1 is 0.865 bits per heavy atom. The van der Waals surface area contributed by atoms with Gasteiger partial charge in [-0.05, 0) is 132 Å². The van der Waals surface area contributed by atoms with E-state index in [1.807, 2.05) is 48.5 Å². The van der Waals surface area contributed by atoms with Crippen LogP contribution in [-0.4, -0.2) is 57.8 Å². The number of carbonyl (C=O) groups is 2. The summed E-state index contributed by atoms with van der Waals surface area (Å²) in [5.41, 5.74) is 3.10. The molecular formula is C43H60N4O5. The van der Waals surface area contributed by atoms with Crippen molar-refractivity contribution in [3.8, 4) is 0 Å². The molecule has 282 valence electrons. The molecule has 2 aromatic carbocycles. The van der Waals surface area contributed by atoms with E-state index in [0.717, 1.165) is 78.7 Å². The van der Waals surface area contributed by atoms with E-state index in [1.54, 1.807) is 0 Å². The zero-order chi connectivity index (χ0) is 36.0. The zero-order valence-corrected chi connectivity index (χ0v) is 31.4. The first-order valence-electron chi connectivity index (χ1n) is 20.3. The van der Waals surface area contributed by atoms with E-state index < -0.39 is 6.29 Å². The Hall–Kier alpha value is -2.98. The molecule has 0 spiro atoms. The molecule has 6 atom stereocenters. The topological polar surface area (TPSA) is 112 Å². The van der Waals surface area contributed by atoms with Gasteiger partial charge in [-0.25, -0.2) is 4.79 Å². The van der Waals surface area contributed by atoms with Gasteiger partial charge in [-0.15, -0.1) is 0 Å². The zero-order valence-electron chi connectivity index (χ0n) is 31.4. The highest BCUT2D eigenvalue weighted by Crippen LogP contribution is 2.55. The Kier molecular flexibility index (Phi) is 10.2. The van der Waals surface area contributed by atoms with Gasteiger partial charge < -0.3 is 30.5 Å². The van der Waals surface area contributed by atoms with Crippen LogP contribution in [0.25, 0.3) is 0 Å². The molecule has 2 heterocycles. The number of aliphatic hydroxyl groups is 1. The molecular weight excluding hydrogens is 652 g/mol. The summed E-state index contributed by atoms with van der Waals surface area (Å²) in [6.07, 6.45) is 13.7. The first-order valence-corrected chi connectivity index (χ1v) is 20.3. The van der Waals surface area contributed by atoms with Crippen LogP contribution in [0.4, 0.5) is 10.5 Å². The normalized spacial score (nSPS) is 35.8. The SMILES string of the molecule is CC(C)(C)NC(=O)[C@H]1CC[C@H]2CCCC[C@H]2N1C[C@H]1C[C@@H](c2ccc(CO)cc2)O[C@@H](c2cccc(NC(=O)NC34CC5CC(CC(C5)C3)C4)c2)O1. The lowest BCUT2D eigenvalue weighted by Crippen LogP contribution is -2.61. The number of anilines is 1. The average Bonchev–Trinajstić information content (AvgIpc) is 3.10. The van der Waals surface area contributed by atoms with Gasteiger partial charge in [-0.1, -0.05) is 49.2 Å². The Bertz CT molecular complexity index is 1550. The molecule has 5 saturated carbocycles. The molecule has 9 nitrogen and oxygen atoms in total. The summed E-state index contributed by atoms with van der Waals surface area (Å²) < 4.78 is 13.6. The minimum Gasteiger partial charge on any atom is -0.392 e. The van der Waals surface area contributed by atoms with Crippen LogP contribution >= 0.6 is 0 Å². The van der Waals surface area contributed by atoms with Gasteiger partial charge in [0.2, 0.25) is 5.91 Å². The van der Waals surface area contributed by atoms with E-state index in [4.69, 9.17) is 9.47 Å². The second kappa shape index (κ2) is 14.7. The fourth-order valence-corrected chi connectivity index (χ4v) is 11.4. The van der Waals surface area contributed by atoms with Crippen molar-refractivity contribution in [1.82, 2.24) is 15.5 Å². The first-order chi connectivity index (χ1) is 25.0. The molecule has 3 amide bonds. The number of benzene rings is 2. The minimum atomic E-state index is -0.650. The summed E-state index contributed by atoms with van der Waals surface area (Å²) in [5.74, 6) is 2.99. The van der Waals surface area contributed by atoms with Gasteiger partial charge in [0.1, 0.15) is 0 Å². The number of carbonyl (C=O) groups excluding carboxylic acids is 2. The maximum Gasteiger partial charge on any atom is 0.319 e. The third-order valence-electron chi connectivity index (χ3n) is 13.2. The molecule has 2 saturated heterocycles. The summed E-state index contributed by atoms with van der Waals surface area (Å²) in [5, 5.41) is 19.6. The van der Waals surface area contributed by atoms with E-state index in [0.29, 0.717) is 24.9 Å². The first kappa shape index (κ1) is 36.0. The molecule has 9 rings (SSSR count). The summed E-state index contributed by atoms with van der Waals surface area (Å²) in [4.78, 5) is 29.8. The second-order valence-corrected chi connectivity index (χ2v) is 18.4. The third-order valence-corrected chi connectivity index (χ3v) is 13.2. The number of rotatable bonds is 8. The number of likely N-dealkylation sites (tertiary alicyclic amines) is 1. The van der Waals surface area contributed by atoms with Gasteiger partial charge in [0.25, 0.3) is 0 Å². The maximum atomic E-state index is 13.8. The standard InChI is InChI=1S/C43H60N4O5/c1-42(2,3)45-39(49)37-16-15-31-7-4-5-10-36(31)47(37)25-35-21-38(32-13-11-27(26-48)12-14-32)52-40(51-35)33-8-6-9-34(20-33)44-41(50)46-43-22-28-17-29(23-43)19-30(18-28)24-43/h6,8-9,11-14,20,28-31,35-38,40,48H,4-5,7,10,15-19,21-26H2,1-3H3,(H,45,49)(H2,44,46,50)/t28?,29?,30?,31-,35-,36-,37-,38+,40+,43?/m1/s1. The van der Waals surface area contributed by atoms with Gasteiger partial charge in [-0.2, -0.15) is 0 Å². The molecule has 5 aliphatic carbocycles. The van der Waals surface area contributed by atoms with Crippen LogP contribution in [0.5, 0.6) is 0 Å². The predicted molar refractivity (Wildman–Crippen MR) is 201 cm³/mol. The van der Waals surface area contributed by atoms with Crippen LogP contribution in [0, 0.1) is 23.7 Å². The highest BCUT2D eigenvalue weighted by Gasteiger charge is 2.51. The molecule has 52 heavy (non-hydrogen) atoms. The van der Waals surface area contributed by atoms with Crippen molar-refractivity contribution in [3.05, 3.63) is 65.2 Å². The Morgan fingerprint density at radius 3 is 2.27 bits per heavy atom.